The molecular formula is C20H23NO3S. The van der Waals surface area contributed by atoms with E-state index in [4.69, 9.17) is 4.74 Å². The van der Waals surface area contributed by atoms with Crippen LogP contribution in [-0.2, 0) is 33.8 Å². The number of para-hydroxylation sites is 1. The molecule has 0 N–H and O–H groups in total. The lowest BCUT2D eigenvalue weighted by atomic mass is 10.0. The normalized spacial score (nSPS) is 12.9. The third kappa shape index (κ3) is 3.09. The fourth-order valence-electron chi connectivity index (χ4n) is 3.52. The average molecular weight is 357 g/mol. The van der Waals surface area contributed by atoms with Crippen LogP contribution in [0.25, 0.3) is 21.8 Å². The van der Waals surface area contributed by atoms with Gasteiger partial charge in [-0.1, -0.05) is 24.3 Å². The third-order valence-corrected chi connectivity index (χ3v) is 5.42. The molecule has 0 bridgehead atoms. The highest BCUT2D eigenvalue weighted by Crippen LogP contribution is 2.36. The van der Waals surface area contributed by atoms with Gasteiger partial charge in [-0.2, -0.15) is 0 Å². The first-order valence-corrected chi connectivity index (χ1v) is 9.89. The molecule has 0 saturated carbocycles. The van der Waals surface area contributed by atoms with Crippen molar-refractivity contribution in [2.24, 2.45) is 7.05 Å². The lowest BCUT2D eigenvalue weighted by Gasteiger charge is -2.14. The van der Waals surface area contributed by atoms with Crippen LogP contribution in [0.2, 0.25) is 0 Å². The zero-order valence-corrected chi connectivity index (χ0v) is 16.1. The minimum Gasteiger partial charge on any atom is -0.463 e. The van der Waals surface area contributed by atoms with E-state index in [1.807, 2.05) is 46.0 Å². The van der Waals surface area contributed by atoms with Crippen LogP contribution < -0.4 is 0 Å². The number of carbonyl (C=O) groups is 1. The van der Waals surface area contributed by atoms with Crippen molar-refractivity contribution >= 4 is 38.6 Å². The number of hydrogen-bond donors (Lipinski definition) is 0. The SMILES string of the molecule is Cc1cc(CC(=O)OC(C)C)c(S(C)=O)c2c1c1ccccc1n2C. The van der Waals surface area contributed by atoms with Crippen molar-refractivity contribution in [2.75, 3.05) is 6.26 Å². The van der Waals surface area contributed by atoms with Crippen LogP contribution in [0.15, 0.2) is 35.2 Å². The monoisotopic (exact) mass is 357 g/mol. The molecule has 0 fully saturated rings. The highest BCUT2D eigenvalue weighted by Gasteiger charge is 2.21. The molecular weight excluding hydrogens is 334 g/mol. The molecule has 0 saturated heterocycles. The van der Waals surface area contributed by atoms with Gasteiger partial charge >= 0.3 is 5.97 Å². The predicted octanol–water partition coefficient (Wildman–Crippen LogP) is 3.87. The van der Waals surface area contributed by atoms with Gasteiger partial charge in [-0.05, 0) is 38.0 Å². The molecule has 3 rings (SSSR count). The predicted molar refractivity (Wildman–Crippen MR) is 102 cm³/mol. The Labute approximate surface area is 150 Å². The second-order valence-corrected chi connectivity index (χ2v) is 7.97. The van der Waals surface area contributed by atoms with Gasteiger partial charge in [0.05, 0.1) is 33.7 Å². The Morgan fingerprint density at radius 2 is 1.96 bits per heavy atom. The Hall–Kier alpha value is -2.14. The van der Waals surface area contributed by atoms with Crippen LogP contribution in [0.4, 0.5) is 0 Å². The summed E-state index contributed by atoms with van der Waals surface area (Å²) in [6, 6.07) is 10.1. The fraction of sp³-hybridized carbons (Fsp3) is 0.350. The molecule has 0 radical (unpaired) electrons. The van der Waals surface area contributed by atoms with E-state index in [0.717, 1.165) is 37.8 Å². The first-order chi connectivity index (χ1) is 11.8. The highest BCUT2D eigenvalue weighted by atomic mass is 32.2. The van der Waals surface area contributed by atoms with Crippen molar-refractivity contribution in [1.82, 2.24) is 4.57 Å². The minimum absolute atomic E-state index is 0.130. The molecule has 2 aromatic carbocycles. The molecule has 0 aliphatic heterocycles. The zero-order valence-electron chi connectivity index (χ0n) is 15.3. The van der Waals surface area contributed by atoms with Crippen molar-refractivity contribution in [3.05, 3.63) is 41.5 Å². The Kier molecular flexibility index (Phi) is 4.69. The number of aryl methyl sites for hydroxylation is 2. The van der Waals surface area contributed by atoms with E-state index in [1.54, 1.807) is 6.26 Å². The molecule has 1 atom stereocenters. The Morgan fingerprint density at radius 3 is 2.60 bits per heavy atom. The van der Waals surface area contributed by atoms with Gasteiger partial charge in [0.2, 0.25) is 0 Å². The number of esters is 1. The van der Waals surface area contributed by atoms with Crippen LogP contribution in [0, 0.1) is 6.92 Å². The van der Waals surface area contributed by atoms with Gasteiger partial charge in [-0.15, -0.1) is 0 Å². The van der Waals surface area contributed by atoms with Crippen LogP contribution in [-0.4, -0.2) is 27.1 Å². The number of ether oxygens (including phenoxy) is 1. The summed E-state index contributed by atoms with van der Waals surface area (Å²) in [6.45, 7) is 5.69. The van der Waals surface area contributed by atoms with E-state index in [9.17, 15) is 9.00 Å². The van der Waals surface area contributed by atoms with Crippen LogP contribution in [0.1, 0.15) is 25.0 Å². The van der Waals surface area contributed by atoms with Gasteiger partial charge in [-0.25, -0.2) is 0 Å². The minimum atomic E-state index is -1.22. The van der Waals surface area contributed by atoms with E-state index >= 15 is 0 Å². The molecule has 0 spiro atoms. The first-order valence-electron chi connectivity index (χ1n) is 8.33. The molecule has 0 amide bonds. The van der Waals surface area contributed by atoms with Crippen LogP contribution in [0.5, 0.6) is 0 Å². The number of carbonyl (C=O) groups excluding carboxylic acids is 1. The summed E-state index contributed by atoms with van der Waals surface area (Å²) in [4.78, 5) is 12.9. The largest absolute Gasteiger partial charge is 0.463 e. The van der Waals surface area contributed by atoms with Gasteiger partial charge in [0, 0.05) is 29.6 Å². The lowest BCUT2D eigenvalue weighted by Crippen LogP contribution is -2.15. The molecule has 25 heavy (non-hydrogen) atoms. The van der Waals surface area contributed by atoms with Crippen LogP contribution >= 0.6 is 0 Å². The maximum absolute atomic E-state index is 12.6. The number of fused-ring (bicyclic) bond motifs is 3. The van der Waals surface area contributed by atoms with E-state index in [0.29, 0.717) is 0 Å². The molecule has 1 unspecified atom stereocenters. The Balaban J connectivity index is 2.31. The topological polar surface area (TPSA) is 48.3 Å². The van der Waals surface area contributed by atoms with Gasteiger partial charge in [0.25, 0.3) is 0 Å². The first kappa shape index (κ1) is 17.7. The maximum atomic E-state index is 12.6. The summed E-state index contributed by atoms with van der Waals surface area (Å²) in [7, 11) is 0.765. The van der Waals surface area contributed by atoms with Gasteiger partial charge in [-0.3, -0.25) is 9.00 Å². The summed E-state index contributed by atoms with van der Waals surface area (Å²) in [5.41, 5.74) is 3.89. The second-order valence-electron chi connectivity index (χ2n) is 6.65. The number of benzene rings is 2. The fourth-order valence-corrected chi connectivity index (χ4v) is 4.53. The molecule has 0 aliphatic rings. The second kappa shape index (κ2) is 6.64. The summed E-state index contributed by atoms with van der Waals surface area (Å²) in [5.74, 6) is -0.292. The molecule has 1 aromatic heterocycles. The summed E-state index contributed by atoms with van der Waals surface area (Å²) >= 11 is 0. The number of rotatable bonds is 4. The van der Waals surface area contributed by atoms with Crippen LogP contribution in [0.3, 0.4) is 0 Å². The van der Waals surface area contributed by atoms with E-state index in [1.165, 1.54) is 0 Å². The molecule has 132 valence electrons. The summed E-state index contributed by atoms with van der Waals surface area (Å²) < 4.78 is 19.9. The lowest BCUT2D eigenvalue weighted by molar-refractivity contribution is -0.146. The van der Waals surface area contributed by atoms with Crippen molar-refractivity contribution in [3.8, 4) is 0 Å². The van der Waals surface area contributed by atoms with Crippen molar-refractivity contribution < 1.29 is 13.7 Å². The average Bonchev–Trinajstić information content (AvgIpc) is 2.80. The van der Waals surface area contributed by atoms with Crippen molar-refractivity contribution in [1.29, 1.82) is 0 Å². The highest BCUT2D eigenvalue weighted by molar-refractivity contribution is 7.84. The number of hydrogen-bond acceptors (Lipinski definition) is 3. The molecule has 4 nitrogen and oxygen atoms in total. The van der Waals surface area contributed by atoms with E-state index in [-0.39, 0.29) is 18.5 Å². The van der Waals surface area contributed by atoms with Crippen molar-refractivity contribution in [2.45, 2.75) is 38.2 Å². The van der Waals surface area contributed by atoms with Gasteiger partial charge < -0.3 is 9.30 Å². The number of nitrogens with zero attached hydrogens (tertiary/aromatic N) is 1. The van der Waals surface area contributed by atoms with E-state index in [2.05, 4.69) is 16.7 Å². The molecule has 0 aliphatic carbocycles. The zero-order chi connectivity index (χ0) is 18.3. The third-order valence-electron chi connectivity index (χ3n) is 4.39. The summed E-state index contributed by atoms with van der Waals surface area (Å²) in [5, 5.41) is 2.24. The van der Waals surface area contributed by atoms with Crippen molar-refractivity contribution in [3.63, 3.8) is 0 Å². The quantitative estimate of drug-likeness (QED) is 0.666. The van der Waals surface area contributed by atoms with Gasteiger partial charge in [0.1, 0.15) is 0 Å². The van der Waals surface area contributed by atoms with E-state index < -0.39 is 10.8 Å². The summed E-state index contributed by atoms with van der Waals surface area (Å²) in [6.07, 6.45) is 1.63. The molecule has 5 heteroatoms. The smallest absolute Gasteiger partial charge is 0.310 e. The number of aromatic nitrogens is 1. The Bertz CT molecular complexity index is 1000. The molecule has 3 aromatic rings. The molecule has 1 heterocycles. The maximum Gasteiger partial charge on any atom is 0.310 e. The Morgan fingerprint density at radius 1 is 1.28 bits per heavy atom. The van der Waals surface area contributed by atoms with Gasteiger partial charge in [0.15, 0.2) is 0 Å². The standard InChI is InChI=1S/C20H23NO3S/c1-12(2)24-17(22)11-14-10-13(3)18-15-8-6-7-9-16(15)21(4)19(18)20(14)25(5)23/h6-10,12H,11H2,1-5H3.